The third-order valence-corrected chi connectivity index (χ3v) is 1.31. The van der Waals surface area contributed by atoms with Crippen LogP contribution in [0.3, 0.4) is 0 Å². The van der Waals surface area contributed by atoms with E-state index < -0.39 is 0 Å². The lowest BCUT2D eigenvalue weighted by atomic mass is 10.2. The van der Waals surface area contributed by atoms with Gasteiger partial charge in [0.05, 0.1) is 18.1 Å². The molecule has 10 heavy (non-hydrogen) atoms. The Bertz CT molecular complexity index is 317. The van der Waals surface area contributed by atoms with E-state index in [1.807, 2.05) is 0 Å². The molecule has 0 aromatic carbocycles. The van der Waals surface area contributed by atoms with E-state index in [0.717, 1.165) is 16.0 Å². The first-order valence-corrected chi connectivity index (χ1v) is 2.85. The SMILES string of the molecule is On1ccc2nncc-2c1. The number of fused-ring (bicyclic) bond motifs is 1. The van der Waals surface area contributed by atoms with Crippen LogP contribution in [0.1, 0.15) is 0 Å². The molecule has 4 heteroatoms. The Morgan fingerprint density at radius 1 is 1.50 bits per heavy atom. The van der Waals surface area contributed by atoms with Gasteiger partial charge in [0.15, 0.2) is 0 Å². The van der Waals surface area contributed by atoms with Crippen molar-refractivity contribution in [2.24, 2.45) is 0 Å². The highest BCUT2D eigenvalue weighted by Gasteiger charge is 2.02. The summed E-state index contributed by atoms with van der Waals surface area (Å²) in [5.74, 6) is 0. The minimum absolute atomic E-state index is 0.797. The molecule has 0 radical (unpaired) electrons. The molecule has 0 amide bonds. The van der Waals surface area contributed by atoms with Crippen LogP contribution in [-0.2, 0) is 0 Å². The average Bonchev–Trinajstić information content (AvgIpc) is 2.33. The Balaban J connectivity index is 2.75. The van der Waals surface area contributed by atoms with Gasteiger partial charge in [0.1, 0.15) is 0 Å². The van der Waals surface area contributed by atoms with Crippen molar-refractivity contribution in [3.05, 3.63) is 24.7 Å². The summed E-state index contributed by atoms with van der Waals surface area (Å²) in [4.78, 5) is 0. The van der Waals surface area contributed by atoms with Gasteiger partial charge in [-0.1, -0.05) is 0 Å². The number of nitrogens with zero attached hydrogens (tertiary/aromatic N) is 3. The Morgan fingerprint density at radius 3 is 3.30 bits per heavy atom. The zero-order valence-corrected chi connectivity index (χ0v) is 5.10. The molecule has 2 aliphatic rings. The predicted molar refractivity (Wildman–Crippen MR) is 33.8 cm³/mol. The Morgan fingerprint density at radius 2 is 2.40 bits per heavy atom. The molecule has 0 fully saturated rings. The average molecular weight is 135 g/mol. The van der Waals surface area contributed by atoms with Gasteiger partial charge in [0.25, 0.3) is 0 Å². The quantitative estimate of drug-likeness (QED) is 0.539. The molecular weight excluding hydrogens is 130 g/mol. The van der Waals surface area contributed by atoms with E-state index in [-0.39, 0.29) is 0 Å². The van der Waals surface area contributed by atoms with Gasteiger partial charge >= 0.3 is 0 Å². The normalized spacial score (nSPS) is 10.4. The first-order valence-electron chi connectivity index (χ1n) is 2.85. The second kappa shape index (κ2) is 1.70. The number of aromatic nitrogens is 3. The molecule has 0 bridgehead atoms. The van der Waals surface area contributed by atoms with Gasteiger partial charge in [-0.15, -0.1) is 0 Å². The summed E-state index contributed by atoms with van der Waals surface area (Å²) in [5, 5.41) is 16.4. The van der Waals surface area contributed by atoms with Gasteiger partial charge in [-0.05, 0) is 6.07 Å². The van der Waals surface area contributed by atoms with Crippen molar-refractivity contribution in [2.75, 3.05) is 0 Å². The van der Waals surface area contributed by atoms with E-state index in [1.54, 1.807) is 18.5 Å². The lowest BCUT2D eigenvalue weighted by molar-refractivity contribution is 0.185. The van der Waals surface area contributed by atoms with Crippen molar-refractivity contribution < 1.29 is 5.21 Å². The minimum Gasteiger partial charge on any atom is -0.429 e. The summed E-state index contributed by atoms with van der Waals surface area (Å²) in [6.45, 7) is 0. The Hall–Kier alpha value is -1.58. The fourth-order valence-corrected chi connectivity index (χ4v) is 0.839. The molecule has 2 heterocycles. The van der Waals surface area contributed by atoms with Crippen LogP contribution in [0.15, 0.2) is 24.7 Å². The summed E-state index contributed by atoms with van der Waals surface area (Å²) in [6.07, 6.45) is 4.66. The summed E-state index contributed by atoms with van der Waals surface area (Å²) in [7, 11) is 0. The van der Waals surface area contributed by atoms with E-state index in [1.165, 1.54) is 6.20 Å². The maximum atomic E-state index is 8.91. The van der Waals surface area contributed by atoms with Crippen molar-refractivity contribution in [1.82, 2.24) is 14.9 Å². The number of hydrogen-bond acceptors (Lipinski definition) is 3. The molecule has 0 aliphatic carbocycles. The summed E-state index contributed by atoms with van der Waals surface area (Å²) >= 11 is 0. The van der Waals surface area contributed by atoms with Gasteiger partial charge < -0.3 is 5.21 Å². The molecule has 2 rings (SSSR count). The third-order valence-electron chi connectivity index (χ3n) is 1.31. The van der Waals surface area contributed by atoms with Crippen molar-refractivity contribution in [3.8, 4) is 11.3 Å². The molecule has 2 aliphatic heterocycles. The van der Waals surface area contributed by atoms with Gasteiger partial charge in [-0.2, -0.15) is 10.2 Å². The Labute approximate surface area is 57.0 Å². The lowest BCUT2D eigenvalue weighted by Gasteiger charge is -1.97. The molecule has 1 N–H and O–H groups in total. The second-order valence-corrected chi connectivity index (χ2v) is 2.01. The van der Waals surface area contributed by atoms with Crippen LogP contribution >= 0.6 is 0 Å². The largest absolute Gasteiger partial charge is 0.429 e. The van der Waals surface area contributed by atoms with Gasteiger partial charge in [-0.25, -0.2) is 4.73 Å². The van der Waals surface area contributed by atoms with E-state index in [0.29, 0.717) is 0 Å². The molecule has 0 aromatic heterocycles. The zero-order chi connectivity index (χ0) is 6.97. The summed E-state index contributed by atoms with van der Waals surface area (Å²) < 4.78 is 0.978. The van der Waals surface area contributed by atoms with Crippen molar-refractivity contribution in [2.45, 2.75) is 0 Å². The van der Waals surface area contributed by atoms with Crippen molar-refractivity contribution >= 4 is 0 Å². The number of rotatable bonds is 0. The molecule has 50 valence electrons. The highest BCUT2D eigenvalue weighted by atomic mass is 16.5. The summed E-state index contributed by atoms with van der Waals surface area (Å²) in [6, 6.07) is 1.70. The van der Waals surface area contributed by atoms with Crippen molar-refractivity contribution in [3.63, 3.8) is 0 Å². The van der Waals surface area contributed by atoms with Crippen LogP contribution in [-0.4, -0.2) is 20.1 Å². The van der Waals surface area contributed by atoms with Gasteiger partial charge in [-0.3, -0.25) is 0 Å². The molecule has 0 saturated heterocycles. The third kappa shape index (κ3) is 0.621. The van der Waals surface area contributed by atoms with E-state index in [4.69, 9.17) is 5.21 Å². The van der Waals surface area contributed by atoms with Crippen LogP contribution in [0.5, 0.6) is 0 Å². The maximum Gasteiger partial charge on any atom is 0.0977 e. The topological polar surface area (TPSA) is 50.9 Å². The molecule has 0 unspecified atom stereocenters. The maximum absolute atomic E-state index is 8.91. The van der Waals surface area contributed by atoms with E-state index in [9.17, 15) is 0 Å². The van der Waals surface area contributed by atoms with Crippen LogP contribution in [0, 0.1) is 0 Å². The van der Waals surface area contributed by atoms with Crippen molar-refractivity contribution in [1.29, 1.82) is 0 Å². The molecule has 4 nitrogen and oxygen atoms in total. The van der Waals surface area contributed by atoms with Crippen LogP contribution in [0.2, 0.25) is 0 Å². The van der Waals surface area contributed by atoms with E-state index in [2.05, 4.69) is 10.2 Å². The van der Waals surface area contributed by atoms with Crippen LogP contribution in [0.25, 0.3) is 11.3 Å². The Kier molecular flexibility index (Phi) is 0.887. The van der Waals surface area contributed by atoms with Crippen LogP contribution < -0.4 is 0 Å². The molecule has 0 saturated carbocycles. The fraction of sp³-hybridized carbons (Fsp3) is 0. The highest BCUT2D eigenvalue weighted by molar-refractivity contribution is 5.56. The first-order chi connectivity index (χ1) is 4.86. The predicted octanol–water partition coefficient (Wildman–Crippen LogP) is 0.620. The first kappa shape index (κ1) is 5.22. The highest BCUT2D eigenvalue weighted by Crippen LogP contribution is 2.15. The van der Waals surface area contributed by atoms with Gasteiger partial charge in [0, 0.05) is 11.8 Å². The molecule has 0 aromatic rings. The zero-order valence-electron chi connectivity index (χ0n) is 5.10. The van der Waals surface area contributed by atoms with E-state index >= 15 is 0 Å². The number of pyridine rings is 1. The molecule has 0 atom stereocenters. The molecule has 0 spiro atoms. The number of hydrogen-bond donors (Lipinski definition) is 1. The van der Waals surface area contributed by atoms with Crippen LogP contribution in [0.4, 0.5) is 0 Å². The monoisotopic (exact) mass is 135 g/mol. The lowest BCUT2D eigenvalue weighted by Crippen LogP contribution is -1.90. The summed E-state index contributed by atoms with van der Waals surface area (Å²) in [5.41, 5.74) is 1.63. The molecular formula is C6H5N3O. The second-order valence-electron chi connectivity index (χ2n) is 2.01. The smallest absolute Gasteiger partial charge is 0.0977 e. The fourth-order valence-electron chi connectivity index (χ4n) is 0.839. The van der Waals surface area contributed by atoms with Gasteiger partial charge in [0.2, 0.25) is 0 Å². The minimum atomic E-state index is 0.797. The standard InChI is InChI=1S/C6H5N3O/c10-9-2-1-6-5(4-9)3-7-8-6/h1-4,10H.